The summed E-state index contributed by atoms with van der Waals surface area (Å²) in [6, 6.07) is 8.87. The molecule has 3 rings (SSSR count). The normalized spacial score (nSPS) is 18.4. The van der Waals surface area contributed by atoms with Crippen LogP contribution in [0.15, 0.2) is 30.5 Å². The second-order valence-electron chi connectivity index (χ2n) is 8.12. The van der Waals surface area contributed by atoms with Gasteiger partial charge in [0.1, 0.15) is 0 Å². The molecular weight excluding hydrogens is 242 g/mol. The van der Waals surface area contributed by atoms with Gasteiger partial charge in [-0.15, -0.1) is 0 Å². The number of benzene rings is 1. The number of rotatable bonds is 0. The highest BCUT2D eigenvalue weighted by Crippen LogP contribution is 2.44. The quantitative estimate of drug-likeness (QED) is 0.486. The monoisotopic (exact) mass is 267 g/mol. The third kappa shape index (κ3) is 1.91. The van der Waals surface area contributed by atoms with E-state index in [-0.39, 0.29) is 10.8 Å². The van der Waals surface area contributed by atoms with Crippen molar-refractivity contribution in [3.63, 3.8) is 0 Å². The lowest BCUT2D eigenvalue weighted by Gasteiger charge is -2.42. The van der Waals surface area contributed by atoms with Crippen molar-refractivity contribution in [3.05, 3.63) is 48.3 Å². The minimum atomic E-state index is 0.169. The lowest BCUT2D eigenvalue weighted by atomic mass is 9.72. The van der Waals surface area contributed by atoms with Gasteiger partial charge in [-0.25, -0.2) is 0 Å². The number of aromatic nitrogens is 1. The van der Waals surface area contributed by atoms with Gasteiger partial charge in [-0.2, -0.15) is 0 Å². The Labute approximate surface area is 122 Å². The van der Waals surface area contributed by atoms with Crippen molar-refractivity contribution >= 4 is 10.8 Å². The zero-order valence-electron chi connectivity index (χ0n) is 13.5. The van der Waals surface area contributed by atoms with E-state index in [1.54, 1.807) is 0 Å². The molecule has 20 heavy (non-hydrogen) atoms. The van der Waals surface area contributed by atoms with Crippen molar-refractivity contribution in [3.8, 4) is 0 Å². The first-order valence-electron chi connectivity index (χ1n) is 7.52. The van der Waals surface area contributed by atoms with Crippen LogP contribution in [0.5, 0.6) is 0 Å². The molecule has 0 saturated heterocycles. The van der Waals surface area contributed by atoms with Crippen molar-refractivity contribution in [1.82, 2.24) is 0 Å². The van der Waals surface area contributed by atoms with Crippen LogP contribution >= 0.6 is 0 Å². The molecule has 1 aromatic carbocycles. The van der Waals surface area contributed by atoms with Gasteiger partial charge < -0.3 is 4.57 Å². The van der Waals surface area contributed by atoms with Gasteiger partial charge in [-0.05, 0) is 27.2 Å². The van der Waals surface area contributed by atoms with Crippen LogP contribution in [-0.4, -0.2) is 0 Å². The molecule has 2 aromatic rings. The van der Waals surface area contributed by atoms with Gasteiger partial charge in [0.25, 0.3) is 0 Å². The molecule has 0 bridgehead atoms. The maximum Gasteiger partial charge on any atom is 0.0914 e. The van der Waals surface area contributed by atoms with Gasteiger partial charge >= 0.3 is 0 Å². The zero-order chi connectivity index (χ0) is 14.7. The molecular formula is C19H25N. The summed E-state index contributed by atoms with van der Waals surface area (Å²) in [5, 5.41) is 2.83. The summed E-state index contributed by atoms with van der Waals surface area (Å²) in [7, 11) is 0. The van der Waals surface area contributed by atoms with Crippen LogP contribution in [0.1, 0.15) is 58.7 Å². The number of pyridine rings is 1. The number of hydrogen-bond acceptors (Lipinski definition) is 0. The molecule has 1 heteroatoms. The Morgan fingerprint density at radius 1 is 0.950 bits per heavy atom. The van der Waals surface area contributed by atoms with E-state index in [0.29, 0.717) is 5.92 Å². The van der Waals surface area contributed by atoms with Crippen LogP contribution in [0.3, 0.4) is 0 Å². The van der Waals surface area contributed by atoms with E-state index < -0.39 is 0 Å². The zero-order valence-corrected chi connectivity index (χ0v) is 13.5. The second kappa shape index (κ2) is 4.00. The highest BCUT2D eigenvalue weighted by Gasteiger charge is 2.39. The summed E-state index contributed by atoms with van der Waals surface area (Å²) in [5.74, 6) is 0.543. The highest BCUT2D eigenvalue weighted by atomic mass is 15.0. The van der Waals surface area contributed by atoms with E-state index in [1.807, 2.05) is 0 Å². The first-order valence-corrected chi connectivity index (χ1v) is 7.52. The van der Waals surface area contributed by atoms with E-state index in [9.17, 15) is 0 Å². The average molecular weight is 267 g/mol. The third-order valence-electron chi connectivity index (χ3n) is 4.38. The van der Waals surface area contributed by atoms with Crippen LogP contribution in [0.25, 0.3) is 10.8 Å². The summed E-state index contributed by atoms with van der Waals surface area (Å²) >= 11 is 0. The second-order valence-corrected chi connectivity index (χ2v) is 8.12. The molecule has 0 aliphatic carbocycles. The molecule has 1 aromatic heterocycles. The van der Waals surface area contributed by atoms with Crippen molar-refractivity contribution in [2.45, 2.75) is 52.9 Å². The smallest absolute Gasteiger partial charge is 0.0914 e. The van der Waals surface area contributed by atoms with Crippen molar-refractivity contribution < 1.29 is 4.57 Å². The molecule has 106 valence electrons. The predicted octanol–water partition coefficient (Wildman–Crippen LogP) is 4.58. The number of hydrogen-bond donors (Lipinski definition) is 0. The highest BCUT2D eigenvalue weighted by molar-refractivity contribution is 5.88. The van der Waals surface area contributed by atoms with E-state index in [1.165, 1.54) is 22.0 Å². The minimum Gasteiger partial charge on any atom is -0.334 e. The molecule has 0 radical (unpaired) electrons. The van der Waals surface area contributed by atoms with Gasteiger partial charge in [0.15, 0.2) is 0 Å². The molecule has 0 spiro atoms. The van der Waals surface area contributed by atoms with Crippen LogP contribution in [-0.2, 0) is 5.41 Å². The summed E-state index contributed by atoms with van der Waals surface area (Å²) in [6.07, 6.45) is 2.33. The van der Waals surface area contributed by atoms with Crippen molar-refractivity contribution in [1.29, 1.82) is 0 Å². The Hall–Kier alpha value is -1.50. The predicted molar refractivity (Wildman–Crippen MR) is 84.7 cm³/mol. The molecule has 0 saturated carbocycles. The lowest BCUT2D eigenvalue weighted by Crippen LogP contribution is -2.54. The lowest BCUT2D eigenvalue weighted by molar-refractivity contribution is -0.683. The number of nitrogens with zero attached hydrogens (tertiary/aromatic N) is 1. The maximum atomic E-state index is 2.37. The van der Waals surface area contributed by atoms with Gasteiger partial charge in [0.2, 0.25) is 0 Å². The van der Waals surface area contributed by atoms with E-state index >= 15 is 0 Å². The first-order chi connectivity index (χ1) is 9.19. The Balaban J connectivity index is 2.29. The maximum absolute atomic E-state index is 2.37. The van der Waals surface area contributed by atoms with Crippen LogP contribution in [0.4, 0.5) is 0 Å². The van der Waals surface area contributed by atoms with Gasteiger partial charge in [-0.3, -0.25) is 0 Å². The molecule has 1 atom stereocenters. The fraction of sp³-hybridized carbons (Fsp3) is 0.474. The Bertz CT molecular complexity index is 668. The van der Waals surface area contributed by atoms with E-state index in [4.69, 9.17) is 0 Å². The minimum absolute atomic E-state index is 0.169. The summed E-state index contributed by atoms with van der Waals surface area (Å²) in [6.45, 7) is 16.2. The van der Waals surface area contributed by atoms with Crippen LogP contribution < -0.4 is 4.57 Å². The molecule has 0 amide bonds. The average Bonchev–Trinajstić information content (AvgIpc) is 2.25. The number of fused-ring (bicyclic) bond motifs is 3. The van der Waals surface area contributed by atoms with Gasteiger partial charge in [-0.1, -0.05) is 65.8 Å². The van der Waals surface area contributed by atoms with Crippen LogP contribution in [0.2, 0.25) is 0 Å². The van der Waals surface area contributed by atoms with E-state index in [2.05, 4.69) is 83.1 Å². The first kappa shape index (κ1) is 13.5. The largest absolute Gasteiger partial charge is 0.334 e. The Morgan fingerprint density at radius 3 is 2.10 bits per heavy atom. The topological polar surface area (TPSA) is 3.88 Å². The summed E-state index contributed by atoms with van der Waals surface area (Å²) < 4.78 is 2.35. The summed E-state index contributed by atoms with van der Waals surface area (Å²) in [4.78, 5) is 0. The Morgan fingerprint density at radius 2 is 1.55 bits per heavy atom. The molecule has 1 nitrogen and oxygen atoms in total. The van der Waals surface area contributed by atoms with Gasteiger partial charge in [0.05, 0.1) is 11.9 Å². The molecule has 1 aliphatic rings. The molecule has 0 fully saturated rings. The Kier molecular flexibility index (Phi) is 2.70. The summed E-state index contributed by atoms with van der Waals surface area (Å²) in [5.41, 5.74) is 3.36. The van der Waals surface area contributed by atoms with E-state index in [0.717, 1.165) is 0 Å². The van der Waals surface area contributed by atoms with Crippen LogP contribution in [0, 0.1) is 12.0 Å². The fourth-order valence-electron chi connectivity index (χ4n) is 3.19. The molecule has 1 unspecified atom stereocenters. The van der Waals surface area contributed by atoms with Crippen molar-refractivity contribution in [2.24, 2.45) is 5.41 Å². The standard InChI is InChI=1S/C19H25N/c1-18(2,3)15-11-20-12-16(19(4,5)6)17(20)14-10-8-7-9-13(14)15/h7-12,16H,1-6H3. The SMILES string of the molecule is CC(C)(C)c1c[n+]2c(c3ccccc13)C(C(C)(C)C)[CH-]2. The fourth-order valence-corrected chi connectivity index (χ4v) is 3.19. The van der Waals surface area contributed by atoms with Crippen molar-refractivity contribution in [2.75, 3.05) is 0 Å². The third-order valence-corrected chi connectivity index (χ3v) is 4.38. The molecule has 2 heterocycles. The van der Waals surface area contributed by atoms with Gasteiger partial charge in [0, 0.05) is 12.5 Å². The molecule has 1 aliphatic heterocycles. The molecule has 0 N–H and O–H groups in total.